The standard InChI is InChI=1S/C16H17N3O3/c1-11-6-12(2)8-14(7-11)17-10-16(20)18-13-4-3-5-15(9-13)19(21)22/h3-9,17H,10H2,1-2H3,(H,18,20). The molecule has 0 aliphatic heterocycles. The lowest BCUT2D eigenvalue weighted by molar-refractivity contribution is -0.384. The molecule has 0 saturated carbocycles. The van der Waals surface area contributed by atoms with E-state index >= 15 is 0 Å². The summed E-state index contributed by atoms with van der Waals surface area (Å²) in [7, 11) is 0. The number of carbonyl (C=O) groups excluding carboxylic acids is 1. The van der Waals surface area contributed by atoms with Gasteiger partial charge in [0, 0.05) is 23.5 Å². The maximum atomic E-state index is 11.9. The fourth-order valence-corrected chi connectivity index (χ4v) is 2.16. The molecule has 0 aliphatic carbocycles. The molecular formula is C16H17N3O3. The van der Waals surface area contributed by atoms with E-state index in [1.54, 1.807) is 6.07 Å². The minimum absolute atomic E-state index is 0.0555. The van der Waals surface area contributed by atoms with Crippen molar-refractivity contribution in [3.63, 3.8) is 0 Å². The van der Waals surface area contributed by atoms with Gasteiger partial charge in [-0.05, 0) is 43.2 Å². The number of nitro benzene ring substituents is 1. The van der Waals surface area contributed by atoms with Gasteiger partial charge in [-0.25, -0.2) is 0 Å². The van der Waals surface area contributed by atoms with Crippen LogP contribution in [-0.4, -0.2) is 17.4 Å². The van der Waals surface area contributed by atoms with Crippen molar-refractivity contribution in [2.24, 2.45) is 0 Å². The fourth-order valence-electron chi connectivity index (χ4n) is 2.16. The van der Waals surface area contributed by atoms with Crippen LogP contribution in [0.1, 0.15) is 11.1 Å². The molecule has 0 bridgehead atoms. The Morgan fingerprint density at radius 1 is 1.09 bits per heavy atom. The van der Waals surface area contributed by atoms with Crippen LogP contribution in [0.5, 0.6) is 0 Å². The number of carbonyl (C=O) groups is 1. The summed E-state index contributed by atoms with van der Waals surface area (Å²) in [6.07, 6.45) is 0. The van der Waals surface area contributed by atoms with Crippen LogP contribution in [0.3, 0.4) is 0 Å². The van der Waals surface area contributed by atoms with E-state index in [4.69, 9.17) is 0 Å². The number of amides is 1. The molecule has 22 heavy (non-hydrogen) atoms. The third-order valence-corrected chi connectivity index (χ3v) is 3.02. The number of non-ortho nitro benzene ring substituents is 1. The lowest BCUT2D eigenvalue weighted by atomic mass is 10.1. The Morgan fingerprint density at radius 2 is 1.77 bits per heavy atom. The first-order valence-electron chi connectivity index (χ1n) is 6.80. The summed E-state index contributed by atoms with van der Waals surface area (Å²) in [5, 5.41) is 16.4. The molecular weight excluding hydrogens is 282 g/mol. The highest BCUT2D eigenvalue weighted by molar-refractivity contribution is 5.94. The molecule has 0 atom stereocenters. The van der Waals surface area contributed by atoms with Crippen molar-refractivity contribution < 1.29 is 9.72 Å². The molecule has 0 aromatic heterocycles. The number of nitrogens with zero attached hydrogens (tertiary/aromatic N) is 1. The number of nitrogens with one attached hydrogen (secondary N) is 2. The van der Waals surface area contributed by atoms with Crippen molar-refractivity contribution in [2.75, 3.05) is 17.2 Å². The topological polar surface area (TPSA) is 84.3 Å². The Morgan fingerprint density at radius 3 is 2.41 bits per heavy atom. The summed E-state index contributed by atoms with van der Waals surface area (Å²) in [4.78, 5) is 22.1. The maximum Gasteiger partial charge on any atom is 0.271 e. The Hall–Kier alpha value is -2.89. The number of anilines is 2. The summed E-state index contributed by atoms with van der Waals surface area (Å²) in [5.74, 6) is -0.264. The number of nitro groups is 1. The van der Waals surface area contributed by atoms with Gasteiger partial charge in [-0.1, -0.05) is 12.1 Å². The molecule has 2 N–H and O–H groups in total. The zero-order valence-electron chi connectivity index (χ0n) is 12.4. The van der Waals surface area contributed by atoms with Crippen LogP contribution in [-0.2, 0) is 4.79 Å². The smallest absolute Gasteiger partial charge is 0.271 e. The predicted molar refractivity (Wildman–Crippen MR) is 86.1 cm³/mol. The van der Waals surface area contributed by atoms with Crippen LogP contribution in [0.15, 0.2) is 42.5 Å². The molecule has 6 nitrogen and oxygen atoms in total. The highest BCUT2D eigenvalue weighted by atomic mass is 16.6. The van der Waals surface area contributed by atoms with E-state index in [9.17, 15) is 14.9 Å². The molecule has 0 spiro atoms. The van der Waals surface area contributed by atoms with Gasteiger partial charge in [0.25, 0.3) is 5.69 Å². The quantitative estimate of drug-likeness (QED) is 0.655. The lowest BCUT2D eigenvalue weighted by Crippen LogP contribution is -2.21. The lowest BCUT2D eigenvalue weighted by Gasteiger charge is -2.09. The summed E-state index contributed by atoms with van der Waals surface area (Å²) in [6.45, 7) is 4.06. The number of rotatable bonds is 5. The molecule has 0 fully saturated rings. The first-order valence-corrected chi connectivity index (χ1v) is 6.80. The van der Waals surface area contributed by atoms with Crippen LogP contribution in [0.4, 0.5) is 17.1 Å². The van der Waals surface area contributed by atoms with Gasteiger partial charge in [0.05, 0.1) is 11.5 Å². The molecule has 0 radical (unpaired) electrons. The fraction of sp³-hybridized carbons (Fsp3) is 0.188. The van der Waals surface area contributed by atoms with Crippen LogP contribution >= 0.6 is 0 Å². The molecule has 114 valence electrons. The molecule has 1 amide bonds. The molecule has 0 unspecified atom stereocenters. The summed E-state index contributed by atoms with van der Waals surface area (Å²) >= 11 is 0. The Balaban J connectivity index is 1.95. The summed E-state index contributed by atoms with van der Waals surface area (Å²) in [5.41, 5.74) is 3.44. The Labute approximate surface area is 128 Å². The SMILES string of the molecule is Cc1cc(C)cc(NCC(=O)Nc2cccc([N+](=O)[O-])c2)c1. The predicted octanol–water partition coefficient (Wildman–Crippen LogP) is 3.26. The number of aryl methyl sites for hydroxylation is 2. The number of benzene rings is 2. The van der Waals surface area contributed by atoms with Crippen molar-refractivity contribution in [1.29, 1.82) is 0 Å². The normalized spacial score (nSPS) is 10.1. The number of hydrogen-bond acceptors (Lipinski definition) is 4. The van der Waals surface area contributed by atoms with E-state index in [1.807, 2.05) is 32.0 Å². The van der Waals surface area contributed by atoms with Crippen molar-refractivity contribution in [2.45, 2.75) is 13.8 Å². The van der Waals surface area contributed by atoms with Gasteiger partial charge in [-0.2, -0.15) is 0 Å². The van der Waals surface area contributed by atoms with Crippen molar-refractivity contribution in [1.82, 2.24) is 0 Å². The molecule has 0 saturated heterocycles. The molecule has 2 aromatic rings. The average molecular weight is 299 g/mol. The summed E-state index contributed by atoms with van der Waals surface area (Å²) < 4.78 is 0. The number of hydrogen-bond donors (Lipinski definition) is 2. The maximum absolute atomic E-state index is 11.9. The van der Waals surface area contributed by atoms with Gasteiger partial charge in [0.2, 0.25) is 5.91 Å². The zero-order chi connectivity index (χ0) is 16.1. The van der Waals surface area contributed by atoms with E-state index < -0.39 is 4.92 Å². The Kier molecular flexibility index (Phi) is 4.73. The molecule has 6 heteroatoms. The van der Waals surface area contributed by atoms with Gasteiger partial charge in [0.15, 0.2) is 0 Å². The largest absolute Gasteiger partial charge is 0.376 e. The third-order valence-electron chi connectivity index (χ3n) is 3.02. The minimum atomic E-state index is -0.497. The van der Waals surface area contributed by atoms with Gasteiger partial charge in [-0.3, -0.25) is 14.9 Å². The van der Waals surface area contributed by atoms with Gasteiger partial charge in [0.1, 0.15) is 0 Å². The van der Waals surface area contributed by atoms with Crippen molar-refractivity contribution in [3.05, 3.63) is 63.7 Å². The van der Waals surface area contributed by atoms with E-state index in [0.717, 1.165) is 16.8 Å². The third kappa shape index (κ3) is 4.31. The van der Waals surface area contributed by atoms with Crippen molar-refractivity contribution in [3.8, 4) is 0 Å². The second-order valence-electron chi connectivity index (χ2n) is 5.09. The van der Waals surface area contributed by atoms with Gasteiger partial charge >= 0.3 is 0 Å². The van der Waals surface area contributed by atoms with Crippen LogP contribution < -0.4 is 10.6 Å². The van der Waals surface area contributed by atoms with Crippen LogP contribution in [0.25, 0.3) is 0 Å². The van der Waals surface area contributed by atoms with E-state index in [-0.39, 0.29) is 18.1 Å². The second kappa shape index (κ2) is 6.71. The summed E-state index contributed by atoms with van der Waals surface area (Å²) in [6, 6.07) is 11.8. The average Bonchev–Trinajstić information content (AvgIpc) is 2.44. The van der Waals surface area contributed by atoms with E-state index in [2.05, 4.69) is 10.6 Å². The van der Waals surface area contributed by atoms with Crippen LogP contribution in [0, 0.1) is 24.0 Å². The molecule has 0 aliphatic rings. The van der Waals surface area contributed by atoms with Crippen LogP contribution in [0.2, 0.25) is 0 Å². The van der Waals surface area contributed by atoms with E-state index in [1.165, 1.54) is 18.2 Å². The second-order valence-corrected chi connectivity index (χ2v) is 5.09. The zero-order valence-corrected chi connectivity index (χ0v) is 12.4. The van der Waals surface area contributed by atoms with E-state index in [0.29, 0.717) is 5.69 Å². The first kappa shape index (κ1) is 15.5. The van der Waals surface area contributed by atoms with Gasteiger partial charge < -0.3 is 10.6 Å². The molecule has 2 aromatic carbocycles. The molecule has 0 heterocycles. The Bertz CT molecular complexity index is 693. The molecule has 2 rings (SSSR count). The minimum Gasteiger partial charge on any atom is -0.376 e. The van der Waals surface area contributed by atoms with Crippen molar-refractivity contribution >= 4 is 23.0 Å². The van der Waals surface area contributed by atoms with Gasteiger partial charge in [-0.15, -0.1) is 0 Å². The first-order chi connectivity index (χ1) is 10.4. The highest BCUT2D eigenvalue weighted by Gasteiger charge is 2.08. The highest BCUT2D eigenvalue weighted by Crippen LogP contribution is 2.17. The monoisotopic (exact) mass is 299 g/mol.